The Kier molecular flexibility index (Phi) is 6.78. The van der Waals surface area contributed by atoms with Crippen molar-refractivity contribution in [3.63, 3.8) is 0 Å². The van der Waals surface area contributed by atoms with Gasteiger partial charge in [-0.15, -0.1) is 0 Å². The molecule has 0 radical (unpaired) electrons. The average Bonchev–Trinajstić information content (AvgIpc) is 2.62. The van der Waals surface area contributed by atoms with Crippen molar-refractivity contribution in [3.05, 3.63) is 71.3 Å². The Morgan fingerprint density at radius 2 is 1.76 bits per heavy atom. The quantitative estimate of drug-likeness (QED) is 0.570. The highest BCUT2D eigenvalue weighted by Gasteiger charge is 2.23. The van der Waals surface area contributed by atoms with Crippen molar-refractivity contribution < 1.29 is 14.3 Å². The number of para-hydroxylation sites is 1. The number of anilines is 1. The van der Waals surface area contributed by atoms with Crippen molar-refractivity contribution in [2.24, 2.45) is 0 Å². The summed E-state index contributed by atoms with van der Waals surface area (Å²) in [6, 6.07) is 16.3. The van der Waals surface area contributed by atoms with Gasteiger partial charge in [-0.05, 0) is 49.8 Å². The summed E-state index contributed by atoms with van der Waals surface area (Å²) in [6.45, 7) is 3.94. The molecule has 0 aliphatic rings. The second-order valence-electron chi connectivity index (χ2n) is 5.38. The van der Waals surface area contributed by atoms with Crippen LogP contribution in [-0.4, -0.2) is 24.5 Å². The molecule has 2 aromatic rings. The zero-order valence-electron chi connectivity index (χ0n) is 14.2. The Bertz CT molecular complexity index is 741. The van der Waals surface area contributed by atoms with E-state index in [1.54, 1.807) is 42.2 Å². The largest absolute Gasteiger partial charge is 0.449 e. The maximum absolute atomic E-state index is 12.5. The number of amides is 1. The van der Waals surface area contributed by atoms with Crippen molar-refractivity contribution in [3.8, 4) is 0 Å². The van der Waals surface area contributed by atoms with Gasteiger partial charge in [0, 0.05) is 23.3 Å². The SMILES string of the molecule is CCN(C(=O)[C@H](C)OC(=O)/C=C/c1ccc(Cl)cc1)c1ccccc1. The van der Waals surface area contributed by atoms with E-state index in [0.717, 1.165) is 11.3 Å². The van der Waals surface area contributed by atoms with E-state index in [1.165, 1.54) is 6.08 Å². The van der Waals surface area contributed by atoms with E-state index in [4.69, 9.17) is 16.3 Å². The molecular weight excluding hydrogens is 338 g/mol. The first-order valence-electron chi connectivity index (χ1n) is 8.02. The van der Waals surface area contributed by atoms with Crippen LogP contribution in [0.2, 0.25) is 5.02 Å². The lowest BCUT2D eigenvalue weighted by Gasteiger charge is -2.24. The number of hydrogen-bond acceptors (Lipinski definition) is 3. The second-order valence-corrected chi connectivity index (χ2v) is 5.82. The highest BCUT2D eigenvalue weighted by molar-refractivity contribution is 6.30. The summed E-state index contributed by atoms with van der Waals surface area (Å²) < 4.78 is 5.22. The van der Waals surface area contributed by atoms with Gasteiger partial charge in [-0.25, -0.2) is 4.79 Å². The second kappa shape index (κ2) is 9.04. The topological polar surface area (TPSA) is 46.6 Å². The van der Waals surface area contributed by atoms with Crippen molar-refractivity contribution in [1.29, 1.82) is 0 Å². The van der Waals surface area contributed by atoms with Gasteiger partial charge in [0.25, 0.3) is 5.91 Å². The fourth-order valence-electron chi connectivity index (χ4n) is 2.30. The van der Waals surface area contributed by atoms with Crippen LogP contribution in [0.1, 0.15) is 19.4 Å². The number of hydrogen-bond donors (Lipinski definition) is 0. The molecule has 130 valence electrons. The van der Waals surface area contributed by atoms with E-state index in [2.05, 4.69) is 0 Å². The van der Waals surface area contributed by atoms with E-state index in [-0.39, 0.29) is 5.91 Å². The molecule has 0 fully saturated rings. The van der Waals surface area contributed by atoms with Gasteiger partial charge in [-0.2, -0.15) is 0 Å². The molecule has 0 bridgehead atoms. The van der Waals surface area contributed by atoms with E-state index in [9.17, 15) is 9.59 Å². The standard InChI is InChI=1S/C20H20ClNO3/c1-3-22(18-7-5-4-6-8-18)20(24)15(2)25-19(23)14-11-16-9-12-17(21)13-10-16/h4-15H,3H2,1-2H3/b14-11+/t15-/m0/s1. The molecule has 0 unspecified atom stereocenters. The van der Waals surface area contributed by atoms with Crippen LogP contribution in [0.3, 0.4) is 0 Å². The minimum atomic E-state index is -0.873. The van der Waals surface area contributed by atoms with Gasteiger partial charge in [0.2, 0.25) is 0 Å². The molecule has 0 saturated heterocycles. The summed E-state index contributed by atoms with van der Waals surface area (Å²) in [5.41, 5.74) is 1.59. The molecule has 25 heavy (non-hydrogen) atoms. The number of carbonyl (C=O) groups excluding carboxylic acids is 2. The Morgan fingerprint density at radius 1 is 1.12 bits per heavy atom. The number of halogens is 1. The molecule has 1 atom stereocenters. The third kappa shape index (κ3) is 5.47. The first kappa shape index (κ1) is 18.7. The van der Waals surface area contributed by atoms with Crippen LogP contribution in [0.25, 0.3) is 6.08 Å². The summed E-state index contributed by atoms with van der Waals surface area (Å²) >= 11 is 5.81. The molecule has 0 heterocycles. The molecule has 0 aliphatic heterocycles. The zero-order valence-corrected chi connectivity index (χ0v) is 14.9. The monoisotopic (exact) mass is 357 g/mol. The number of carbonyl (C=O) groups is 2. The number of benzene rings is 2. The molecule has 0 aliphatic carbocycles. The van der Waals surface area contributed by atoms with Gasteiger partial charge in [0.05, 0.1) is 0 Å². The number of ether oxygens (including phenoxy) is 1. The van der Waals surface area contributed by atoms with Crippen molar-refractivity contribution >= 4 is 35.2 Å². The predicted octanol–water partition coefficient (Wildman–Crippen LogP) is 4.34. The van der Waals surface area contributed by atoms with Crippen LogP contribution in [0.15, 0.2) is 60.7 Å². The number of rotatable bonds is 6. The van der Waals surface area contributed by atoms with Gasteiger partial charge in [0.1, 0.15) is 0 Å². The Hall–Kier alpha value is -2.59. The minimum Gasteiger partial charge on any atom is -0.449 e. The maximum Gasteiger partial charge on any atom is 0.331 e. The smallest absolute Gasteiger partial charge is 0.331 e. The summed E-state index contributed by atoms with van der Waals surface area (Å²) in [4.78, 5) is 26.1. The lowest BCUT2D eigenvalue weighted by molar-refractivity contribution is -0.149. The fraction of sp³-hybridized carbons (Fsp3) is 0.200. The van der Waals surface area contributed by atoms with Crippen molar-refractivity contribution in [2.45, 2.75) is 20.0 Å². The lowest BCUT2D eigenvalue weighted by Crippen LogP contribution is -2.39. The third-order valence-electron chi connectivity index (χ3n) is 3.57. The molecule has 0 spiro atoms. The first-order valence-corrected chi connectivity index (χ1v) is 8.39. The van der Waals surface area contributed by atoms with Crippen LogP contribution in [0.4, 0.5) is 5.69 Å². The molecule has 0 saturated carbocycles. The van der Waals surface area contributed by atoms with Crippen LogP contribution < -0.4 is 4.90 Å². The lowest BCUT2D eigenvalue weighted by atomic mass is 10.2. The van der Waals surface area contributed by atoms with Crippen LogP contribution in [0, 0.1) is 0 Å². The van der Waals surface area contributed by atoms with E-state index >= 15 is 0 Å². The first-order chi connectivity index (χ1) is 12.0. The number of nitrogens with zero attached hydrogens (tertiary/aromatic N) is 1. The molecular formula is C20H20ClNO3. The van der Waals surface area contributed by atoms with Gasteiger partial charge in [0.15, 0.2) is 6.10 Å². The summed E-state index contributed by atoms with van der Waals surface area (Å²) in [5.74, 6) is -0.832. The Labute approximate surface area is 152 Å². The molecule has 2 aromatic carbocycles. The molecule has 5 heteroatoms. The normalized spacial score (nSPS) is 12.0. The Balaban J connectivity index is 1.97. The van der Waals surface area contributed by atoms with Gasteiger partial charge < -0.3 is 9.64 Å². The zero-order chi connectivity index (χ0) is 18.2. The summed E-state index contributed by atoms with van der Waals surface area (Å²) in [5, 5.41) is 0.625. The van der Waals surface area contributed by atoms with Crippen LogP contribution in [-0.2, 0) is 14.3 Å². The average molecular weight is 358 g/mol. The maximum atomic E-state index is 12.5. The van der Waals surface area contributed by atoms with E-state index in [0.29, 0.717) is 11.6 Å². The van der Waals surface area contributed by atoms with Gasteiger partial charge >= 0.3 is 5.97 Å². The molecule has 0 aromatic heterocycles. The van der Waals surface area contributed by atoms with E-state index < -0.39 is 12.1 Å². The predicted molar refractivity (Wildman–Crippen MR) is 101 cm³/mol. The highest BCUT2D eigenvalue weighted by atomic mass is 35.5. The molecule has 4 nitrogen and oxygen atoms in total. The Morgan fingerprint density at radius 3 is 2.36 bits per heavy atom. The van der Waals surface area contributed by atoms with Crippen molar-refractivity contribution in [2.75, 3.05) is 11.4 Å². The van der Waals surface area contributed by atoms with Crippen molar-refractivity contribution in [1.82, 2.24) is 0 Å². The molecule has 2 rings (SSSR count). The summed E-state index contributed by atoms with van der Waals surface area (Å²) in [7, 11) is 0. The van der Waals surface area contributed by atoms with Crippen LogP contribution >= 0.6 is 11.6 Å². The molecule has 1 amide bonds. The van der Waals surface area contributed by atoms with Gasteiger partial charge in [-0.3, -0.25) is 4.79 Å². The fourth-order valence-corrected chi connectivity index (χ4v) is 2.42. The summed E-state index contributed by atoms with van der Waals surface area (Å²) in [6.07, 6.45) is 2.04. The van der Waals surface area contributed by atoms with Gasteiger partial charge in [-0.1, -0.05) is 41.9 Å². The van der Waals surface area contributed by atoms with E-state index in [1.807, 2.05) is 37.3 Å². The highest BCUT2D eigenvalue weighted by Crippen LogP contribution is 2.15. The minimum absolute atomic E-state index is 0.262. The third-order valence-corrected chi connectivity index (χ3v) is 3.82. The number of likely N-dealkylation sites (N-methyl/N-ethyl adjacent to an activating group) is 1. The number of esters is 1. The van der Waals surface area contributed by atoms with Crippen LogP contribution in [0.5, 0.6) is 0 Å². The molecule has 0 N–H and O–H groups in total.